The Bertz CT molecular complexity index is 401. The summed E-state index contributed by atoms with van der Waals surface area (Å²) in [5, 5.41) is 0. The van der Waals surface area contributed by atoms with E-state index in [9.17, 15) is 13.2 Å². The Balaban J connectivity index is 2.68. The zero-order chi connectivity index (χ0) is 15.2. The fraction of sp³-hybridized carbons (Fsp3) is 0.923. The molecule has 1 fully saturated rings. The molecule has 0 amide bonds. The van der Waals surface area contributed by atoms with Gasteiger partial charge in [0.1, 0.15) is 0 Å². The van der Waals surface area contributed by atoms with Crippen LogP contribution in [-0.4, -0.2) is 57.4 Å². The second-order valence-corrected chi connectivity index (χ2v) is 7.51. The average molecular weight is 307 g/mol. The number of rotatable bonds is 8. The van der Waals surface area contributed by atoms with Crippen LogP contribution in [0.1, 0.15) is 33.1 Å². The molecule has 0 aromatic heterocycles. The molecule has 1 unspecified atom stereocenters. The molecule has 20 heavy (non-hydrogen) atoms. The van der Waals surface area contributed by atoms with E-state index in [1.54, 1.807) is 0 Å². The lowest BCUT2D eigenvalue weighted by molar-refractivity contribution is -0.140. The molecule has 118 valence electrons. The quantitative estimate of drug-likeness (QED) is 0.626. The maximum atomic E-state index is 12.3. The Labute approximate surface area is 121 Å². The molecule has 7 heteroatoms. The summed E-state index contributed by atoms with van der Waals surface area (Å²) in [7, 11) is -2.07. The van der Waals surface area contributed by atoms with E-state index in [1.165, 1.54) is 11.4 Å². The molecular weight excluding hydrogens is 282 g/mol. The molecule has 0 radical (unpaired) electrons. The van der Waals surface area contributed by atoms with Crippen LogP contribution < -0.4 is 0 Å². The van der Waals surface area contributed by atoms with Crippen LogP contribution in [0.25, 0.3) is 0 Å². The molecule has 1 atom stereocenters. The Morgan fingerprint density at radius 3 is 2.65 bits per heavy atom. The first kappa shape index (κ1) is 17.4. The van der Waals surface area contributed by atoms with Crippen molar-refractivity contribution in [1.82, 2.24) is 4.31 Å². The van der Waals surface area contributed by atoms with Crippen LogP contribution in [0.4, 0.5) is 0 Å². The van der Waals surface area contributed by atoms with Crippen LogP contribution in [-0.2, 0) is 24.3 Å². The van der Waals surface area contributed by atoms with Crippen molar-refractivity contribution >= 4 is 16.0 Å². The van der Waals surface area contributed by atoms with E-state index in [-0.39, 0.29) is 30.7 Å². The highest BCUT2D eigenvalue weighted by Crippen LogP contribution is 2.17. The van der Waals surface area contributed by atoms with Gasteiger partial charge in [0.25, 0.3) is 0 Å². The second kappa shape index (κ2) is 7.95. The standard InChI is InChI=1S/C13H25NO5S/c1-11(2)10-20(16,17)14(7-6-13(15)18-3)9-12-5-4-8-19-12/h11-12H,4-10H2,1-3H3. The molecule has 0 spiro atoms. The van der Waals surface area contributed by atoms with Crippen molar-refractivity contribution in [2.24, 2.45) is 5.92 Å². The summed E-state index contributed by atoms with van der Waals surface area (Å²) in [5.74, 6) is -0.270. The summed E-state index contributed by atoms with van der Waals surface area (Å²) in [6, 6.07) is 0. The number of esters is 1. The number of ether oxygens (including phenoxy) is 2. The lowest BCUT2D eigenvalue weighted by atomic mass is 10.2. The van der Waals surface area contributed by atoms with Crippen molar-refractivity contribution in [3.05, 3.63) is 0 Å². The molecule has 0 saturated carbocycles. The molecule has 0 bridgehead atoms. The van der Waals surface area contributed by atoms with Gasteiger partial charge in [-0.15, -0.1) is 0 Å². The van der Waals surface area contributed by atoms with Gasteiger partial charge < -0.3 is 9.47 Å². The first-order valence-electron chi connectivity index (χ1n) is 7.01. The lowest BCUT2D eigenvalue weighted by Crippen LogP contribution is -2.40. The highest BCUT2D eigenvalue weighted by Gasteiger charge is 2.28. The highest BCUT2D eigenvalue weighted by atomic mass is 32.2. The second-order valence-electron chi connectivity index (χ2n) is 5.49. The third kappa shape index (κ3) is 5.76. The summed E-state index contributed by atoms with van der Waals surface area (Å²) in [6.07, 6.45) is 1.83. The third-order valence-corrected chi connectivity index (χ3v) is 5.37. The Morgan fingerprint density at radius 1 is 1.45 bits per heavy atom. The Morgan fingerprint density at radius 2 is 2.15 bits per heavy atom. The monoisotopic (exact) mass is 307 g/mol. The van der Waals surface area contributed by atoms with Gasteiger partial charge in [-0.25, -0.2) is 8.42 Å². The average Bonchev–Trinajstić information content (AvgIpc) is 2.84. The van der Waals surface area contributed by atoms with Crippen LogP contribution in [0.3, 0.4) is 0 Å². The van der Waals surface area contributed by atoms with Gasteiger partial charge in [-0.2, -0.15) is 4.31 Å². The van der Waals surface area contributed by atoms with Crippen LogP contribution in [0.2, 0.25) is 0 Å². The Kier molecular flexibility index (Phi) is 6.91. The van der Waals surface area contributed by atoms with E-state index in [2.05, 4.69) is 4.74 Å². The topological polar surface area (TPSA) is 72.9 Å². The van der Waals surface area contributed by atoms with Gasteiger partial charge in [-0.1, -0.05) is 13.8 Å². The molecule has 0 N–H and O–H groups in total. The largest absolute Gasteiger partial charge is 0.469 e. The van der Waals surface area contributed by atoms with E-state index in [4.69, 9.17) is 4.74 Å². The van der Waals surface area contributed by atoms with E-state index in [1.807, 2.05) is 13.8 Å². The molecular formula is C13H25NO5S. The van der Waals surface area contributed by atoms with Crippen molar-refractivity contribution in [2.45, 2.75) is 39.2 Å². The van der Waals surface area contributed by atoms with Crippen LogP contribution in [0.15, 0.2) is 0 Å². The maximum absolute atomic E-state index is 12.3. The third-order valence-electron chi connectivity index (χ3n) is 3.16. The zero-order valence-corrected chi connectivity index (χ0v) is 13.3. The molecule has 1 aliphatic heterocycles. The van der Waals surface area contributed by atoms with Gasteiger partial charge in [0, 0.05) is 19.7 Å². The molecule has 0 aromatic rings. The molecule has 1 rings (SSSR count). The minimum Gasteiger partial charge on any atom is -0.469 e. The molecule has 6 nitrogen and oxygen atoms in total. The van der Waals surface area contributed by atoms with Crippen molar-refractivity contribution < 1.29 is 22.7 Å². The predicted molar refractivity (Wildman–Crippen MR) is 75.8 cm³/mol. The van der Waals surface area contributed by atoms with Gasteiger partial charge in [0.15, 0.2) is 0 Å². The van der Waals surface area contributed by atoms with Crippen LogP contribution >= 0.6 is 0 Å². The van der Waals surface area contributed by atoms with E-state index < -0.39 is 16.0 Å². The van der Waals surface area contributed by atoms with Gasteiger partial charge in [0.05, 0.1) is 25.4 Å². The van der Waals surface area contributed by atoms with Crippen LogP contribution in [0, 0.1) is 5.92 Å². The van der Waals surface area contributed by atoms with Crippen molar-refractivity contribution in [2.75, 3.05) is 32.6 Å². The number of hydrogen-bond acceptors (Lipinski definition) is 5. The van der Waals surface area contributed by atoms with Crippen molar-refractivity contribution in [3.63, 3.8) is 0 Å². The first-order chi connectivity index (χ1) is 9.35. The predicted octanol–water partition coefficient (Wildman–Crippen LogP) is 1.02. The SMILES string of the molecule is COC(=O)CCN(CC1CCCO1)S(=O)(=O)CC(C)C. The summed E-state index contributed by atoms with van der Waals surface area (Å²) < 4.78 is 36.1. The summed E-state index contributed by atoms with van der Waals surface area (Å²) in [6.45, 7) is 4.89. The van der Waals surface area contributed by atoms with E-state index >= 15 is 0 Å². The van der Waals surface area contributed by atoms with E-state index in [0.29, 0.717) is 13.2 Å². The number of carbonyl (C=O) groups is 1. The summed E-state index contributed by atoms with van der Waals surface area (Å²) in [4.78, 5) is 11.2. The van der Waals surface area contributed by atoms with Gasteiger partial charge in [0.2, 0.25) is 10.0 Å². The maximum Gasteiger partial charge on any atom is 0.306 e. The molecule has 1 heterocycles. The van der Waals surface area contributed by atoms with Gasteiger partial charge in [-0.3, -0.25) is 4.79 Å². The minimum absolute atomic E-state index is 0.0464. The lowest BCUT2D eigenvalue weighted by Gasteiger charge is -2.25. The normalized spacial score (nSPS) is 19.8. The molecule has 0 aliphatic carbocycles. The fourth-order valence-corrected chi connectivity index (χ4v) is 4.02. The molecule has 1 saturated heterocycles. The highest BCUT2D eigenvalue weighted by molar-refractivity contribution is 7.89. The smallest absolute Gasteiger partial charge is 0.306 e. The molecule has 0 aromatic carbocycles. The van der Waals surface area contributed by atoms with Gasteiger partial charge in [-0.05, 0) is 18.8 Å². The fourth-order valence-electron chi connectivity index (χ4n) is 2.20. The minimum atomic E-state index is -3.37. The number of methoxy groups -OCH3 is 1. The number of nitrogens with zero attached hydrogens (tertiary/aromatic N) is 1. The van der Waals surface area contributed by atoms with Gasteiger partial charge >= 0.3 is 5.97 Å². The number of sulfonamides is 1. The Hall–Kier alpha value is -0.660. The zero-order valence-electron chi connectivity index (χ0n) is 12.5. The number of hydrogen-bond donors (Lipinski definition) is 0. The molecule has 1 aliphatic rings. The first-order valence-corrected chi connectivity index (χ1v) is 8.62. The van der Waals surface area contributed by atoms with E-state index in [0.717, 1.165) is 12.8 Å². The van der Waals surface area contributed by atoms with Crippen molar-refractivity contribution in [1.29, 1.82) is 0 Å². The van der Waals surface area contributed by atoms with Crippen LogP contribution in [0.5, 0.6) is 0 Å². The summed E-state index contributed by atoms with van der Waals surface area (Å²) in [5.41, 5.74) is 0. The van der Waals surface area contributed by atoms with Crippen molar-refractivity contribution in [3.8, 4) is 0 Å². The summed E-state index contributed by atoms with van der Waals surface area (Å²) >= 11 is 0. The number of carbonyl (C=O) groups excluding carboxylic acids is 1.